The van der Waals surface area contributed by atoms with Crippen molar-refractivity contribution in [3.63, 3.8) is 0 Å². The largest absolute Gasteiger partial charge is 0.469 e. The zero-order valence-corrected chi connectivity index (χ0v) is 13.9. The minimum Gasteiger partial charge on any atom is -0.390 e. The number of nitrogens with two attached hydrogens (primary N) is 1. The van der Waals surface area contributed by atoms with Gasteiger partial charge in [0.25, 0.3) is 5.56 Å². The zero-order chi connectivity index (χ0) is 18.8. The molecule has 25 heavy (non-hydrogen) atoms. The highest BCUT2D eigenvalue weighted by molar-refractivity contribution is 7.46. The lowest BCUT2D eigenvalue weighted by Gasteiger charge is -2.19. The number of rotatable bonds is 7. The highest BCUT2D eigenvalue weighted by atomic mass is 31.2. The Morgan fingerprint density at radius 3 is 2.88 bits per heavy atom. The first kappa shape index (κ1) is 19.3. The number of ether oxygens (including phenoxy) is 1. The maximum Gasteiger partial charge on any atom is 0.469 e. The molecule has 2 heterocycles. The van der Waals surface area contributed by atoms with Crippen LogP contribution in [-0.2, 0) is 18.6 Å². The van der Waals surface area contributed by atoms with Gasteiger partial charge in [-0.05, 0) is 0 Å². The van der Waals surface area contributed by atoms with Gasteiger partial charge < -0.3 is 35.6 Å². The molecule has 1 aromatic rings. The van der Waals surface area contributed by atoms with E-state index >= 15 is 0 Å². The van der Waals surface area contributed by atoms with Crippen LogP contribution in [-0.4, -0.2) is 63.4 Å². The fraction of sp³-hybridized carbons (Fsp3) is 0.545. The molecule has 0 radical (unpaired) electrons. The summed E-state index contributed by atoms with van der Waals surface area (Å²) >= 11 is 0. The van der Waals surface area contributed by atoms with Crippen molar-refractivity contribution >= 4 is 31.7 Å². The van der Waals surface area contributed by atoms with Gasteiger partial charge in [0.05, 0.1) is 12.7 Å². The maximum atomic E-state index is 12.0. The van der Waals surface area contributed by atoms with Crippen molar-refractivity contribution in [3.05, 3.63) is 10.4 Å². The Bertz CT molecular complexity index is 736. The lowest BCUT2D eigenvalue weighted by atomic mass is 10.2. The Kier molecular flexibility index (Phi) is 5.77. The van der Waals surface area contributed by atoms with Crippen molar-refractivity contribution in [2.75, 3.05) is 29.6 Å². The van der Waals surface area contributed by atoms with Crippen LogP contribution in [0.4, 0.5) is 17.5 Å². The molecule has 0 aromatic carbocycles. The number of hydrogen-bond acceptors (Lipinski definition) is 9. The second-order valence-electron chi connectivity index (χ2n) is 5.26. The van der Waals surface area contributed by atoms with Crippen molar-refractivity contribution in [1.29, 1.82) is 0 Å². The molecule has 1 aliphatic heterocycles. The average molecular weight is 379 g/mol. The van der Waals surface area contributed by atoms with Crippen LogP contribution in [0.25, 0.3) is 0 Å². The molecule has 1 fully saturated rings. The Labute approximate surface area is 141 Å². The molecule has 1 amide bonds. The second kappa shape index (κ2) is 7.47. The van der Waals surface area contributed by atoms with E-state index in [9.17, 15) is 19.3 Å². The van der Waals surface area contributed by atoms with Crippen LogP contribution in [0.1, 0.15) is 6.42 Å². The quantitative estimate of drug-likeness (QED) is 0.225. The van der Waals surface area contributed by atoms with Crippen LogP contribution in [0.2, 0.25) is 0 Å². The molecule has 13 nitrogen and oxygen atoms in total. The molecule has 0 bridgehead atoms. The van der Waals surface area contributed by atoms with E-state index in [4.69, 9.17) is 20.3 Å². The molecule has 0 unspecified atom stereocenters. The monoisotopic (exact) mass is 379 g/mol. The van der Waals surface area contributed by atoms with Crippen molar-refractivity contribution < 1.29 is 33.5 Å². The van der Waals surface area contributed by atoms with Gasteiger partial charge in [0, 0.05) is 13.5 Å². The molecule has 3 atom stereocenters. The molecule has 140 valence electrons. The third kappa shape index (κ3) is 4.98. The van der Waals surface area contributed by atoms with Gasteiger partial charge >= 0.3 is 7.82 Å². The Morgan fingerprint density at radius 2 is 2.28 bits per heavy atom. The molecule has 0 aliphatic carbocycles. The van der Waals surface area contributed by atoms with Gasteiger partial charge in [0.2, 0.25) is 12.4 Å². The average Bonchev–Trinajstić information content (AvgIpc) is 2.83. The smallest absolute Gasteiger partial charge is 0.390 e. The first-order chi connectivity index (χ1) is 11.6. The van der Waals surface area contributed by atoms with Crippen LogP contribution < -0.4 is 21.5 Å². The van der Waals surface area contributed by atoms with Gasteiger partial charge in [-0.3, -0.25) is 19.1 Å². The number of phosphoric ester groups is 1. The molecule has 1 aromatic heterocycles. The number of hydrogen-bond donors (Lipinski definition) is 6. The van der Waals surface area contributed by atoms with Crippen LogP contribution in [0.5, 0.6) is 0 Å². The van der Waals surface area contributed by atoms with Crippen LogP contribution in [0.15, 0.2) is 4.79 Å². The number of amides is 1. The van der Waals surface area contributed by atoms with E-state index in [0.29, 0.717) is 6.41 Å². The molecule has 0 saturated carbocycles. The molecule has 0 spiro atoms. The third-order valence-electron chi connectivity index (χ3n) is 3.35. The van der Waals surface area contributed by atoms with Crippen LogP contribution in [0.3, 0.4) is 0 Å². The zero-order valence-electron chi connectivity index (χ0n) is 13.0. The summed E-state index contributed by atoms with van der Waals surface area (Å²) in [6.07, 6.45) is -2.51. The number of carbonyl (C=O) groups excluding carboxylic acids is 1. The number of aromatic nitrogens is 2. The summed E-state index contributed by atoms with van der Waals surface area (Å²) in [5, 5.41) is 12.6. The number of aromatic amines is 1. The normalized spacial score (nSPS) is 23.4. The SMILES string of the molecule is CN(C=O)c1c(N[C@H]2C[C@H](O)[C@@H](COP(=O)(O)O)O2)nc(N)[nH]c1=O. The third-order valence-corrected chi connectivity index (χ3v) is 3.84. The predicted octanol–water partition coefficient (Wildman–Crippen LogP) is -2.06. The summed E-state index contributed by atoms with van der Waals surface area (Å²) in [4.78, 5) is 47.4. The number of nitrogen functional groups attached to an aromatic ring is 1. The number of nitrogens with one attached hydrogen (secondary N) is 2. The lowest BCUT2D eigenvalue weighted by Crippen LogP contribution is -2.30. The highest BCUT2D eigenvalue weighted by Crippen LogP contribution is 2.37. The van der Waals surface area contributed by atoms with Crippen molar-refractivity contribution in [3.8, 4) is 0 Å². The molecular weight excluding hydrogens is 361 g/mol. The van der Waals surface area contributed by atoms with Crippen molar-refractivity contribution in [2.24, 2.45) is 0 Å². The minimum absolute atomic E-state index is 0.0216. The lowest BCUT2D eigenvalue weighted by molar-refractivity contribution is -0.107. The van der Waals surface area contributed by atoms with E-state index in [2.05, 4.69) is 19.8 Å². The van der Waals surface area contributed by atoms with Gasteiger partial charge in [-0.2, -0.15) is 4.98 Å². The van der Waals surface area contributed by atoms with Gasteiger partial charge in [0.15, 0.2) is 11.5 Å². The van der Waals surface area contributed by atoms with Gasteiger partial charge in [-0.15, -0.1) is 0 Å². The molecule has 1 saturated heterocycles. The van der Waals surface area contributed by atoms with Crippen LogP contribution in [0, 0.1) is 0 Å². The predicted molar refractivity (Wildman–Crippen MR) is 84.6 cm³/mol. The second-order valence-corrected chi connectivity index (χ2v) is 6.50. The van der Waals surface area contributed by atoms with E-state index in [-0.39, 0.29) is 23.9 Å². The van der Waals surface area contributed by atoms with E-state index < -0.39 is 38.4 Å². The number of carbonyl (C=O) groups is 1. The minimum atomic E-state index is -4.70. The maximum absolute atomic E-state index is 12.0. The Balaban J connectivity index is 2.14. The standard InChI is InChI=1S/C11H18N5O8P/c1-16(4-17)8-9(14-11(12)15-10(8)19)13-7-2-5(18)6(24-7)3-23-25(20,21)22/h4-7,18H,2-3H2,1H3,(H2,20,21,22)(H4,12,13,14,15,19)/t5-,6+,7+/m0/s1. The summed E-state index contributed by atoms with van der Waals surface area (Å²) < 4.78 is 20.4. The van der Waals surface area contributed by atoms with E-state index in [1.807, 2.05) is 0 Å². The number of nitrogens with zero attached hydrogens (tertiary/aromatic N) is 2. The van der Waals surface area contributed by atoms with Crippen LogP contribution >= 0.6 is 7.82 Å². The van der Waals surface area contributed by atoms with Gasteiger partial charge in [-0.25, -0.2) is 4.57 Å². The molecule has 7 N–H and O–H groups in total. The van der Waals surface area contributed by atoms with E-state index in [1.165, 1.54) is 7.05 Å². The van der Waals surface area contributed by atoms with Crippen molar-refractivity contribution in [2.45, 2.75) is 24.9 Å². The highest BCUT2D eigenvalue weighted by Gasteiger charge is 2.36. The molecule has 14 heteroatoms. The molecule has 2 rings (SSSR count). The van der Waals surface area contributed by atoms with Gasteiger partial charge in [0.1, 0.15) is 12.3 Å². The van der Waals surface area contributed by atoms with Crippen molar-refractivity contribution in [1.82, 2.24) is 9.97 Å². The van der Waals surface area contributed by atoms with Gasteiger partial charge in [-0.1, -0.05) is 0 Å². The summed E-state index contributed by atoms with van der Waals surface area (Å²) in [7, 11) is -3.37. The number of aliphatic hydroxyl groups excluding tert-OH is 1. The fourth-order valence-electron chi connectivity index (χ4n) is 2.26. The first-order valence-electron chi connectivity index (χ1n) is 6.98. The first-order valence-corrected chi connectivity index (χ1v) is 8.52. The van der Waals surface area contributed by atoms with E-state index in [0.717, 1.165) is 4.90 Å². The number of anilines is 3. The topological polar surface area (TPSA) is 200 Å². The summed E-state index contributed by atoms with van der Waals surface area (Å²) in [6.45, 7) is -0.532. The summed E-state index contributed by atoms with van der Waals surface area (Å²) in [5.74, 6) is -0.250. The fourth-order valence-corrected chi connectivity index (χ4v) is 2.60. The molecular formula is C11H18N5O8P. The Morgan fingerprint density at radius 1 is 1.60 bits per heavy atom. The molecule has 1 aliphatic rings. The summed E-state index contributed by atoms with van der Waals surface area (Å²) in [6, 6.07) is 0. The number of H-pyrrole nitrogens is 1. The number of aliphatic hydroxyl groups is 1. The Hall–Kier alpha value is -2.02. The van der Waals surface area contributed by atoms with E-state index in [1.54, 1.807) is 0 Å². The summed E-state index contributed by atoms with van der Waals surface area (Å²) in [5.41, 5.74) is 4.71. The number of phosphoric acid groups is 1.